The molecule has 1 aliphatic rings. The van der Waals surface area contributed by atoms with Crippen LogP contribution in [0.1, 0.15) is 12.0 Å². The molecule has 2 rings (SSSR count). The number of aryl methyl sites for hydroxylation is 1. The normalized spacial score (nSPS) is 20.4. The summed E-state index contributed by atoms with van der Waals surface area (Å²) in [6.45, 7) is 0. The number of hydrogen-bond donors (Lipinski definition) is 1. The highest BCUT2D eigenvalue weighted by molar-refractivity contribution is 7.19. The van der Waals surface area contributed by atoms with E-state index in [9.17, 15) is 4.79 Å². The van der Waals surface area contributed by atoms with Crippen LogP contribution in [0.2, 0.25) is 0 Å². The van der Waals surface area contributed by atoms with Crippen LogP contribution >= 0.6 is 9.39 Å². The van der Waals surface area contributed by atoms with Crippen LogP contribution in [0.15, 0.2) is 24.3 Å². The van der Waals surface area contributed by atoms with Gasteiger partial charge in [0.2, 0.25) is 5.91 Å². The zero-order chi connectivity index (χ0) is 10.1. The van der Waals surface area contributed by atoms with Crippen LogP contribution < -0.4 is 10.4 Å². The van der Waals surface area contributed by atoms with E-state index in [0.717, 1.165) is 18.5 Å². The van der Waals surface area contributed by atoms with Crippen LogP contribution in [0.4, 0.5) is 5.69 Å². The molecule has 2 atom stereocenters. The zero-order valence-electron chi connectivity index (χ0n) is 7.81. The van der Waals surface area contributed by atoms with Gasteiger partial charge >= 0.3 is 0 Å². The molecule has 3 nitrogen and oxygen atoms in total. The standard InChI is InChI=1S/C10H13N2OP/c11-10(13)9-6-5-7-3-1-2-4-8(7)12(9)14/h1-4,9H,5-6,14H2,(H2,11,13). The lowest BCUT2D eigenvalue weighted by molar-refractivity contribution is -0.119. The predicted octanol–water partition coefficient (Wildman–Crippen LogP) is 1.08. The second kappa shape index (κ2) is 3.58. The minimum Gasteiger partial charge on any atom is -0.368 e. The topological polar surface area (TPSA) is 46.3 Å². The number of para-hydroxylation sites is 1. The molecule has 14 heavy (non-hydrogen) atoms. The van der Waals surface area contributed by atoms with Crippen molar-refractivity contribution in [3.05, 3.63) is 29.8 Å². The van der Waals surface area contributed by atoms with Crippen molar-refractivity contribution < 1.29 is 4.79 Å². The molecule has 0 saturated heterocycles. The van der Waals surface area contributed by atoms with Crippen molar-refractivity contribution in [2.45, 2.75) is 18.9 Å². The van der Waals surface area contributed by atoms with E-state index in [2.05, 4.69) is 15.5 Å². The molecule has 1 amide bonds. The second-order valence-electron chi connectivity index (χ2n) is 3.49. The van der Waals surface area contributed by atoms with Gasteiger partial charge < -0.3 is 10.4 Å². The van der Waals surface area contributed by atoms with Gasteiger partial charge in [0.05, 0.1) is 0 Å². The SMILES string of the molecule is NC(=O)C1CCc2ccccc2N1P. The van der Waals surface area contributed by atoms with Gasteiger partial charge in [-0.05, 0) is 33.9 Å². The first-order valence-corrected chi connectivity index (χ1v) is 5.13. The summed E-state index contributed by atoms with van der Waals surface area (Å²) in [6.07, 6.45) is 1.73. The maximum Gasteiger partial charge on any atom is 0.240 e. The first-order chi connectivity index (χ1) is 6.70. The summed E-state index contributed by atoms with van der Waals surface area (Å²) in [5.41, 5.74) is 7.69. The van der Waals surface area contributed by atoms with E-state index in [1.165, 1.54) is 5.56 Å². The van der Waals surface area contributed by atoms with Gasteiger partial charge in [-0.15, -0.1) is 0 Å². The van der Waals surface area contributed by atoms with Crippen molar-refractivity contribution in [1.82, 2.24) is 0 Å². The molecule has 4 heteroatoms. The first kappa shape index (κ1) is 9.47. The molecule has 1 aliphatic heterocycles. The van der Waals surface area contributed by atoms with Crippen LogP contribution in [0, 0.1) is 0 Å². The number of primary amides is 1. The number of anilines is 1. The summed E-state index contributed by atoms with van der Waals surface area (Å²) in [7, 11) is 2.57. The van der Waals surface area contributed by atoms with Gasteiger partial charge in [0.15, 0.2) is 0 Å². The third kappa shape index (κ3) is 1.48. The number of fused-ring (bicyclic) bond motifs is 1. The summed E-state index contributed by atoms with van der Waals surface area (Å²) < 4.78 is 1.89. The van der Waals surface area contributed by atoms with Gasteiger partial charge in [-0.3, -0.25) is 4.79 Å². The maximum absolute atomic E-state index is 11.1. The van der Waals surface area contributed by atoms with Crippen molar-refractivity contribution >= 4 is 21.0 Å². The summed E-state index contributed by atoms with van der Waals surface area (Å²) in [4.78, 5) is 11.1. The van der Waals surface area contributed by atoms with Crippen molar-refractivity contribution in [2.75, 3.05) is 4.67 Å². The van der Waals surface area contributed by atoms with Gasteiger partial charge in [0, 0.05) is 5.69 Å². The number of nitrogens with zero attached hydrogens (tertiary/aromatic N) is 1. The monoisotopic (exact) mass is 208 g/mol. The third-order valence-electron chi connectivity index (χ3n) is 2.62. The Hall–Kier alpha value is -1.08. The fraction of sp³-hybridized carbons (Fsp3) is 0.300. The van der Waals surface area contributed by atoms with E-state index >= 15 is 0 Å². The molecule has 2 unspecified atom stereocenters. The molecule has 1 aromatic rings. The molecule has 0 spiro atoms. The Morgan fingerprint density at radius 1 is 1.50 bits per heavy atom. The zero-order valence-corrected chi connectivity index (χ0v) is 8.97. The van der Waals surface area contributed by atoms with E-state index in [-0.39, 0.29) is 11.9 Å². The summed E-state index contributed by atoms with van der Waals surface area (Å²) in [5.74, 6) is -0.255. The number of benzene rings is 1. The Balaban J connectivity index is 2.36. The lowest BCUT2D eigenvalue weighted by atomic mass is 9.98. The van der Waals surface area contributed by atoms with Gasteiger partial charge in [-0.25, -0.2) is 0 Å². The lowest BCUT2D eigenvalue weighted by Crippen LogP contribution is -2.42. The van der Waals surface area contributed by atoms with Crippen LogP contribution in [0.3, 0.4) is 0 Å². The fourth-order valence-corrected chi connectivity index (χ4v) is 2.40. The Morgan fingerprint density at radius 3 is 2.93 bits per heavy atom. The average molecular weight is 208 g/mol. The highest BCUT2D eigenvalue weighted by Gasteiger charge is 2.26. The van der Waals surface area contributed by atoms with Crippen molar-refractivity contribution in [2.24, 2.45) is 5.73 Å². The summed E-state index contributed by atoms with van der Waals surface area (Å²) in [5, 5.41) is 0. The van der Waals surface area contributed by atoms with Gasteiger partial charge in [0.25, 0.3) is 0 Å². The maximum atomic E-state index is 11.1. The Bertz CT molecular complexity index is 367. The average Bonchev–Trinajstić information content (AvgIpc) is 2.18. The third-order valence-corrected chi connectivity index (χ3v) is 3.26. The summed E-state index contributed by atoms with van der Waals surface area (Å²) >= 11 is 0. The minimum atomic E-state index is -0.255. The van der Waals surface area contributed by atoms with E-state index in [1.807, 2.05) is 22.9 Å². The highest BCUT2D eigenvalue weighted by atomic mass is 31.0. The molecule has 1 aromatic carbocycles. The molecule has 0 aromatic heterocycles. The van der Waals surface area contributed by atoms with E-state index < -0.39 is 0 Å². The number of carbonyl (C=O) groups is 1. The second-order valence-corrected chi connectivity index (χ2v) is 4.05. The molecular weight excluding hydrogens is 195 g/mol. The number of nitrogens with two attached hydrogens (primary N) is 1. The van der Waals surface area contributed by atoms with Crippen LogP contribution in [0.25, 0.3) is 0 Å². The van der Waals surface area contributed by atoms with Crippen molar-refractivity contribution in [1.29, 1.82) is 0 Å². The number of carbonyl (C=O) groups excluding carboxylic acids is 1. The molecule has 1 heterocycles. The minimum absolute atomic E-state index is 0.185. The summed E-state index contributed by atoms with van der Waals surface area (Å²) in [6, 6.07) is 7.90. The van der Waals surface area contributed by atoms with Gasteiger partial charge in [-0.2, -0.15) is 0 Å². The van der Waals surface area contributed by atoms with Crippen LogP contribution in [-0.2, 0) is 11.2 Å². The van der Waals surface area contributed by atoms with Crippen LogP contribution in [0.5, 0.6) is 0 Å². The largest absolute Gasteiger partial charge is 0.368 e. The number of rotatable bonds is 1. The van der Waals surface area contributed by atoms with E-state index in [0.29, 0.717) is 0 Å². The lowest BCUT2D eigenvalue weighted by Gasteiger charge is -2.33. The van der Waals surface area contributed by atoms with Crippen LogP contribution in [-0.4, -0.2) is 11.9 Å². The number of amides is 1. The van der Waals surface area contributed by atoms with Gasteiger partial charge in [-0.1, -0.05) is 18.2 Å². The van der Waals surface area contributed by atoms with Crippen molar-refractivity contribution in [3.8, 4) is 0 Å². The number of hydrogen-bond acceptors (Lipinski definition) is 2. The first-order valence-electron chi connectivity index (χ1n) is 4.61. The molecule has 0 aliphatic carbocycles. The molecule has 0 bridgehead atoms. The van der Waals surface area contributed by atoms with E-state index in [4.69, 9.17) is 5.73 Å². The highest BCUT2D eigenvalue weighted by Crippen LogP contribution is 2.32. The molecule has 2 N–H and O–H groups in total. The Kier molecular flexibility index (Phi) is 2.42. The Morgan fingerprint density at radius 2 is 2.21 bits per heavy atom. The molecule has 0 fully saturated rings. The fourth-order valence-electron chi connectivity index (χ4n) is 1.85. The quantitative estimate of drug-likeness (QED) is 0.702. The van der Waals surface area contributed by atoms with Gasteiger partial charge in [0.1, 0.15) is 6.04 Å². The molecular formula is C10H13N2OP. The van der Waals surface area contributed by atoms with Crippen molar-refractivity contribution in [3.63, 3.8) is 0 Å². The predicted molar refractivity (Wildman–Crippen MR) is 59.9 cm³/mol. The molecule has 0 radical (unpaired) electrons. The Labute approximate surface area is 85.5 Å². The van der Waals surface area contributed by atoms with E-state index in [1.54, 1.807) is 0 Å². The molecule has 0 saturated carbocycles. The smallest absolute Gasteiger partial charge is 0.240 e. The molecule has 74 valence electrons.